The lowest BCUT2D eigenvalue weighted by molar-refractivity contribution is -0.231. The number of para-hydroxylation sites is 1. The topological polar surface area (TPSA) is 89.8 Å². The van der Waals surface area contributed by atoms with Crippen LogP contribution in [0.15, 0.2) is 36.4 Å². The van der Waals surface area contributed by atoms with Gasteiger partial charge in [-0.15, -0.1) is 0 Å². The molecule has 1 aliphatic rings. The predicted molar refractivity (Wildman–Crippen MR) is 147 cm³/mol. The number of nitrogens with zero attached hydrogens (tertiary/aromatic N) is 1. The lowest BCUT2D eigenvalue weighted by atomic mass is 9.87. The van der Waals surface area contributed by atoms with Crippen LogP contribution in [-0.2, 0) is 20.7 Å². The Morgan fingerprint density at radius 1 is 1.05 bits per heavy atom. The summed E-state index contributed by atoms with van der Waals surface area (Å²) >= 11 is 0. The van der Waals surface area contributed by atoms with Crippen LogP contribution in [0, 0.1) is 11.6 Å². The molecule has 230 valence electrons. The second-order valence-corrected chi connectivity index (χ2v) is 11.1. The minimum absolute atomic E-state index is 0.00912. The summed E-state index contributed by atoms with van der Waals surface area (Å²) in [6.45, 7) is 4.45. The van der Waals surface area contributed by atoms with E-state index in [0.717, 1.165) is 28.6 Å². The van der Waals surface area contributed by atoms with Crippen molar-refractivity contribution in [2.45, 2.75) is 63.9 Å². The Kier molecular flexibility index (Phi) is 9.79. The normalized spacial score (nSPS) is 17.9. The van der Waals surface area contributed by atoms with Crippen molar-refractivity contribution in [2.75, 3.05) is 33.0 Å². The molecule has 2 aromatic carbocycles. The number of nitrogens with one attached hydrogen (secondary N) is 1. The summed E-state index contributed by atoms with van der Waals surface area (Å²) in [6, 6.07) is 8.88. The molecule has 0 radical (unpaired) electrons. The number of H-pyrrole nitrogens is 1. The summed E-state index contributed by atoms with van der Waals surface area (Å²) in [4.78, 5) is 15.7. The van der Waals surface area contributed by atoms with E-state index >= 15 is 8.78 Å². The van der Waals surface area contributed by atoms with Crippen LogP contribution in [-0.4, -0.2) is 66.6 Å². The molecule has 4 rings (SSSR count). The molecule has 42 heavy (non-hydrogen) atoms. The fourth-order valence-corrected chi connectivity index (χ4v) is 5.30. The maximum absolute atomic E-state index is 15.7. The third kappa shape index (κ3) is 7.40. The number of carbonyl (C=O) groups is 1. The zero-order valence-corrected chi connectivity index (χ0v) is 23.8. The van der Waals surface area contributed by atoms with Gasteiger partial charge in [-0.2, -0.15) is 8.78 Å². The average molecular weight is 598 g/mol. The van der Waals surface area contributed by atoms with E-state index in [-0.39, 0.29) is 43.7 Å². The number of carbonyl (C=O) groups excluding carboxylic acids is 1. The van der Waals surface area contributed by atoms with Crippen LogP contribution in [0.2, 0.25) is 0 Å². The molecule has 0 saturated heterocycles. The lowest BCUT2D eigenvalue weighted by Gasteiger charge is -2.43. The maximum atomic E-state index is 15.7. The van der Waals surface area contributed by atoms with E-state index < -0.39 is 42.0 Å². The number of unbranched alkanes of at least 4 members (excludes halogenated alkanes) is 1. The molecule has 1 amide bonds. The van der Waals surface area contributed by atoms with Crippen molar-refractivity contribution in [3.63, 3.8) is 0 Å². The summed E-state index contributed by atoms with van der Waals surface area (Å²) in [6.07, 6.45) is -2.51. The van der Waals surface area contributed by atoms with E-state index in [2.05, 4.69) is 15.5 Å². The number of hydrogen-bond donors (Lipinski definition) is 2. The number of hydrogen-bond acceptors (Lipinski definition) is 5. The Hall–Kier alpha value is -3.22. The molecular weight excluding hydrogens is 561 g/mol. The third-order valence-corrected chi connectivity index (χ3v) is 7.15. The number of nitrogens with two attached hydrogens (primary N) is 1. The Bertz CT molecular complexity index is 1370. The lowest BCUT2D eigenvalue weighted by Crippen LogP contribution is -2.48. The summed E-state index contributed by atoms with van der Waals surface area (Å²) in [7, 11) is 0. The van der Waals surface area contributed by atoms with Crippen LogP contribution in [0.25, 0.3) is 10.9 Å². The first-order chi connectivity index (χ1) is 19.8. The van der Waals surface area contributed by atoms with Crippen LogP contribution < -0.4 is 10.5 Å². The number of alkyl halides is 3. The molecule has 3 N–H and O–H groups in total. The van der Waals surface area contributed by atoms with Gasteiger partial charge < -0.3 is 24.9 Å². The molecule has 0 fully saturated rings. The Morgan fingerprint density at radius 3 is 2.38 bits per heavy atom. The fourth-order valence-electron chi connectivity index (χ4n) is 5.30. The fraction of sp³-hybridized carbons (Fsp3) is 0.500. The van der Waals surface area contributed by atoms with Gasteiger partial charge >= 0.3 is 12.0 Å². The molecule has 2 atom stereocenters. The Labute approximate surface area is 241 Å². The molecule has 0 aliphatic carbocycles. The van der Waals surface area contributed by atoms with Crippen LogP contribution in [0.1, 0.15) is 56.5 Å². The van der Waals surface area contributed by atoms with Crippen LogP contribution in [0.4, 0.5) is 22.0 Å². The summed E-state index contributed by atoms with van der Waals surface area (Å²) in [5.41, 5.74) is 5.20. The second-order valence-electron chi connectivity index (χ2n) is 11.1. The van der Waals surface area contributed by atoms with Gasteiger partial charge in [-0.05, 0) is 51.7 Å². The van der Waals surface area contributed by atoms with Crippen molar-refractivity contribution < 1.29 is 41.0 Å². The molecule has 2 heterocycles. The van der Waals surface area contributed by atoms with E-state index in [0.29, 0.717) is 25.0 Å². The number of benzene rings is 2. The molecule has 0 spiro atoms. The van der Waals surface area contributed by atoms with Crippen LogP contribution in [0.3, 0.4) is 0 Å². The average Bonchev–Trinajstić information content (AvgIpc) is 3.26. The maximum Gasteiger partial charge on any atom is 0.436 e. The summed E-state index contributed by atoms with van der Waals surface area (Å²) < 4.78 is 87.0. The summed E-state index contributed by atoms with van der Waals surface area (Å²) in [5.74, 6) is -3.47. The molecule has 12 heteroatoms. The number of fused-ring (bicyclic) bond motifs is 3. The number of aromatic amines is 1. The van der Waals surface area contributed by atoms with Crippen LogP contribution >= 0.6 is 0 Å². The SMILES string of the molecule is C[C@@H]1Cc2c([nH]c3ccccc23)[C@@H](c2c(F)cc(OCCCCOCCOC(F)(F)C(N)=O)cc2F)N1CC(C)(C)F. The third-order valence-electron chi connectivity index (χ3n) is 7.15. The van der Waals surface area contributed by atoms with Crippen molar-refractivity contribution in [1.82, 2.24) is 9.88 Å². The summed E-state index contributed by atoms with van der Waals surface area (Å²) in [5, 5.41) is 0.976. The van der Waals surface area contributed by atoms with Gasteiger partial charge in [0.05, 0.1) is 25.9 Å². The van der Waals surface area contributed by atoms with E-state index in [9.17, 15) is 18.0 Å². The number of rotatable bonds is 14. The first-order valence-corrected chi connectivity index (χ1v) is 13.8. The van der Waals surface area contributed by atoms with Crippen molar-refractivity contribution in [2.24, 2.45) is 5.73 Å². The predicted octanol–water partition coefficient (Wildman–Crippen LogP) is 5.80. The monoisotopic (exact) mass is 597 g/mol. The first-order valence-electron chi connectivity index (χ1n) is 13.8. The highest BCUT2D eigenvalue weighted by Gasteiger charge is 2.41. The molecular formula is C30H36F5N3O4. The smallest absolute Gasteiger partial charge is 0.436 e. The van der Waals surface area contributed by atoms with Crippen molar-refractivity contribution in [1.29, 1.82) is 0 Å². The highest BCUT2D eigenvalue weighted by Crippen LogP contribution is 2.43. The number of halogens is 5. The number of aromatic nitrogens is 1. The second kappa shape index (κ2) is 13.0. The van der Waals surface area contributed by atoms with Gasteiger partial charge in [-0.3, -0.25) is 9.69 Å². The molecule has 0 bridgehead atoms. The minimum atomic E-state index is -4.05. The van der Waals surface area contributed by atoms with Gasteiger partial charge in [0.1, 0.15) is 23.1 Å². The van der Waals surface area contributed by atoms with Crippen LogP contribution in [0.5, 0.6) is 5.75 Å². The Balaban J connectivity index is 1.42. The molecule has 0 unspecified atom stereocenters. The van der Waals surface area contributed by atoms with Crippen molar-refractivity contribution >= 4 is 16.8 Å². The number of primary amides is 1. The zero-order valence-electron chi connectivity index (χ0n) is 23.8. The van der Waals surface area contributed by atoms with E-state index in [1.807, 2.05) is 31.2 Å². The van der Waals surface area contributed by atoms with Crippen molar-refractivity contribution in [3.05, 3.63) is 64.9 Å². The van der Waals surface area contributed by atoms with Gasteiger partial charge in [0.2, 0.25) is 0 Å². The van der Waals surface area contributed by atoms with E-state index in [4.69, 9.17) is 9.47 Å². The zero-order chi connectivity index (χ0) is 30.7. The highest BCUT2D eigenvalue weighted by molar-refractivity contribution is 5.85. The molecule has 1 aromatic heterocycles. The highest BCUT2D eigenvalue weighted by atomic mass is 19.3. The van der Waals surface area contributed by atoms with Gasteiger partial charge in [0.25, 0.3) is 0 Å². The number of amides is 1. The van der Waals surface area contributed by atoms with E-state index in [1.165, 1.54) is 13.8 Å². The largest absolute Gasteiger partial charge is 0.493 e. The van der Waals surface area contributed by atoms with E-state index in [1.54, 1.807) is 4.90 Å². The molecule has 1 aliphatic heterocycles. The minimum Gasteiger partial charge on any atom is -0.493 e. The Morgan fingerprint density at radius 2 is 1.71 bits per heavy atom. The molecule has 7 nitrogen and oxygen atoms in total. The first kappa shape index (κ1) is 31.7. The number of ether oxygens (including phenoxy) is 3. The quantitative estimate of drug-likeness (QED) is 0.181. The van der Waals surface area contributed by atoms with Gasteiger partial charge in [0.15, 0.2) is 0 Å². The van der Waals surface area contributed by atoms with Crippen molar-refractivity contribution in [3.8, 4) is 5.75 Å². The standard InChI is InChI=1S/C30H36F5N3O4/c1-18-14-21-20-8-4-5-9-24(20)37-26(21)27(38(18)17-29(2,3)33)25-22(31)15-19(16-23(25)32)41-11-7-6-10-40-12-13-42-30(34,35)28(36)39/h4-5,8-9,15-16,18,27,37H,6-7,10-14,17H2,1-3H3,(H2,36,39)/t18-,27-/m1/s1. The molecule has 0 saturated carbocycles. The van der Waals surface area contributed by atoms with Gasteiger partial charge in [-0.1, -0.05) is 18.2 Å². The van der Waals surface area contributed by atoms with Gasteiger partial charge in [0, 0.05) is 53.5 Å². The van der Waals surface area contributed by atoms with Gasteiger partial charge in [-0.25, -0.2) is 13.2 Å². The molecule has 3 aromatic rings.